The Hall–Kier alpha value is -2.48. The van der Waals surface area contributed by atoms with Crippen molar-refractivity contribution < 1.29 is 19.8 Å². The van der Waals surface area contributed by atoms with Crippen molar-refractivity contribution in [3.05, 3.63) is 29.3 Å². The van der Waals surface area contributed by atoms with Crippen LogP contribution in [0.4, 0.5) is 0 Å². The topological polar surface area (TPSA) is 108 Å². The van der Waals surface area contributed by atoms with Gasteiger partial charge in [0.25, 0.3) is 0 Å². The van der Waals surface area contributed by atoms with Crippen molar-refractivity contribution in [2.24, 2.45) is 0 Å². The first kappa shape index (κ1) is 14.9. The summed E-state index contributed by atoms with van der Waals surface area (Å²) in [5.41, 5.74) is 2.38. The van der Waals surface area contributed by atoms with Crippen LogP contribution in [0.2, 0.25) is 0 Å². The second kappa shape index (κ2) is 5.88. The predicted molar refractivity (Wildman–Crippen MR) is 73.0 cm³/mol. The number of hydrogen-bond donors (Lipinski definition) is 2. The zero-order valence-electron chi connectivity index (χ0n) is 11.8. The summed E-state index contributed by atoms with van der Waals surface area (Å²) in [5.74, 6) is -1.64. The number of aryl methyl sites for hydroxylation is 2. The number of carboxylic acid groups (broad SMARTS) is 2. The van der Waals surface area contributed by atoms with E-state index in [2.05, 4.69) is 9.97 Å². The lowest BCUT2D eigenvalue weighted by atomic mass is 10.3. The standard InChI is InChI=1S/C13H16N4O4/c1-8-3-9(2)17-5-10(15-13(17)14-8)4-16(6-11(18)19)7-12(20)21/h3,5H,4,6-7H2,1-2H3,(H,18,19)(H,20,21). The minimum Gasteiger partial charge on any atom is -0.480 e. The molecule has 0 saturated carbocycles. The summed E-state index contributed by atoms with van der Waals surface area (Å²) >= 11 is 0. The molecule has 0 aromatic carbocycles. The molecule has 2 N–H and O–H groups in total. The number of aliphatic carboxylic acids is 2. The van der Waals surface area contributed by atoms with Gasteiger partial charge in [0, 0.05) is 24.1 Å². The summed E-state index contributed by atoms with van der Waals surface area (Å²) in [6.45, 7) is 3.21. The Bertz CT molecular complexity index is 679. The number of carboxylic acids is 2. The largest absolute Gasteiger partial charge is 0.480 e. The third-order valence-electron chi connectivity index (χ3n) is 2.91. The van der Waals surface area contributed by atoms with Crippen molar-refractivity contribution in [3.63, 3.8) is 0 Å². The maximum Gasteiger partial charge on any atom is 0.317 e. The molecule has 0 fully saturated rings. The van der Waals surface area contributed by atoms with Crippen molar-refractivity contribution in [2.45, 2.75) is 20.4 Å². The van der Waals surface area contributed by atoms with E-state index in [1.807, 2.05) is 19.9 Å². The number of imidazole rings is 1. The molecule has 0 aliphatic carbocycles. The average molecular weight is 292 g/mol. The molecule has 0 unspecified atom stereocenters. The molecule has 2 heterocycles. The van der Waals surface area contributed by atoms with E-state index < -0.39 is 11.9 Å². The molecule has 21 heavy (non-hydrogen) atoms. The maximum atomic E-state index is 10.8. The number of fused-ring (bicyclic) bond motifs is 1. The van der Waals surface area contributed by atoms with Crippen LogP contribution in [0.5, 0.6) is 0 Å². The Kier molecular flexibility index (Phi) is 4.18. The normalized spacial score (nSPS) is 11.2. The Labute approximate surface area is 120 Å². The fraction of sp³-hybridized carbons (Fsp3) is 0.385. The van der Waals surface area contributed by atoms with E-state index >= 15 is 0 Å². The quantitative estimate of drug-likeness (QED) is 0.789. The molecular weight excluding hydrogens is 276 g/mol. The molecule has 0 spiro atoms. The molecule has 112 valence electrons. The highest BCUT2D eigenvalue weighted by molar-refractivity contribution is 5.72. The van der Waals surface area contributed by atoms with Gasteiger partial charge in [0.05, 0.1) is 18.8 Å². The number of rotatable bonds is 6. The summed E-state index contributed by atoms with van der Waals surface area (Å²) in [4.78, 5) is 31.5. The highest BCUT2D eigenvalue weighted by atomic mass is 16.4. The molecule has 0 saturated heterocycles. The van der Waals surface area contributed by atoms with Crippen LogP contribution in [0.1, 0.15) is 17.1 Å². The van der Waals surface area contributed by atoms with E-state index in [0.717, 1.165) is 11.4 Å². The Morgan fingerprint density at radius 3 is 2.38 bits per heavy atom. The SMILES string of the molecule is Cc1cc(C)n2cc(CN(CC(=O)O)CC(=O)O)nc2n1. The van der Waals surface area contributed by atoms with Gasteiger partial charge in [-0.2, -0.15) is 0 Å². The van der Waals surface area contributed by atoms with Crippen LogP contribution in [0.25, 0.3) is 5.78 Å². The van der Waals surface area contributed by atoms with Gasteiger partial charge in [0.1, 0.15) is 0 Å². The smallest absolute Gasteiger partial charge is 0.317 e. The summed E-state index contributed by atoms with van der Waals surface area (Å²) in [6.07, 6.45) is 1.74. The van der Waals surface area contributed by atoms with Crippen LogP contribution < -0.4 is 0 Å². The number of aromatic nitrogens is 3. The third kappa shape index (κ3) is 3.76. The molecule has 0 aliphatic heterocycles. The van der Waals surface area contributed by atoms with E-state index in [4.69, 9.17) is 10.2 Å². The Morgan fingerprint density at radius 2 is 1.81 bits per heavy atom. The highest BCUT2D eigenvalue weighted by Crippen LogP contribution is 2.10. The Balaban J connectivity index is 2.25. The zero-order chi connectivity index (χ0) is 15.6. The fourth-order valence-electron chi connectivity index (χ4n) is 2.17. The minimum absolute atomic E-state index is 0.139. The highest BCUT2D eigenvalue weighted by Gasteiger charge is 2.16. The van der Waals surface area contributed by atoms with Gasteiger partial charge < -0.3 is 10.2 Å². The second-order valence-electron chi connectivity index (χ2n) is 4.87. The van der Waals surface area contributed by atoms with Crippen molar-refractivity contribution in [1.82, 2.24) is 19.3 Å². The maximum absolute atomic E-state index is 10.8. The van der Waals surface area contributed by atoms with Crippen LogP contribution in [-0.4, -0.2) is 54.5 Å². The van der Waals surface area contributed by atoms with E-state index in [-0.39, 0.29) is 19.6 Å². The monoisotopic (exact) mass is 292 g/mol. The zero-order valence-corrected chi connectivity index (χ0v) is 11.8. The van der Waals surface area contributed by atoms with E-state index in [1.165, 1.54) is 4.90 Å². The molecule has 8 heteroatoms. The molecule has 0 radical (unpaired) electrons. The number of hydrogen-bond acceptors (Lipinski definition) is 5. The van der Waals surface area contributed by atoms with E-state index in [9.17, 15) is 9.59 Å². The van der Waals surface area contributed by atoms with Crippen LogP contribution in [0, 0.1) is 13.8 Å². The molecule has 2 aromatic rings. The molecule has 0 bridgehead atoms. The molecule has 0 atom stereocenters. The Morgan fingerprint density at radius 1 is 1.19 bits per heavy atom. The summed E-state index contributed by atoms with van der Waals surface area (Å²) in [5, 5.41) is 17.6. The summed E-state index contributed by atoms with van der Waals surface area (Å²) in [6, 6.07) is 1.91. The third-order valence-corrected chi connectivity index (χ3v) is 2.91. The van der Waals surface area contributed by atoms with E-state index in [0.29, 0.717) is 11.5 Å². The molecule has 2 aromatic heterocycles. The molecule has 2 rings (SSSR count). The van der Waals surface area contributed by atoms with E-state index in [1.54, 1.807) is 10.6 Å². The molecule has 8 nitrogen and oxygen atoms in total. The van der Waals surface area contributed by atoms with Gasteiger partial charge in [-0.3, -0.25) is 18.9 Å². The minimum atomic E-state index is -1.08. The van der Waals surface area contributed by atoms with Gasteiger partial charge in [-0.25, -0.2) is 9.97 Å². The van der Waals surface area contributed by atoms with Gasteiger partial charge in [0.2, 0.25) is 5.78 Å². The van der Waals surface area contributed by atoms with Crippen LogP contribution >= 0.6 is 0 Å². The lowest BCUT2D eigenvalue weighted by molar-refractivity contribution is -0.142. The van der Waals surface area contributed by atoms with Crippen LogP contribution in [-0.2, 0) is 16.1 Å². The lowest BCUT2D eigenvalue weighted by Crippen LogP contribution is -2.34. The lowest BCUT2D eigenvalue weighted by Gasteiger charge is -2.15. The molecule has 0 amide bonds. The van der Waals surface area contributed by atoms with Crippen molar-refractivity contribution >= 4 is 17.7 Å². The average Bonchev–Trinajstić information content (AvgIpc) is 2.69. The molecule has 0 aliphatic rings. The number of nitrogens with zero attached hydrogens (tertiary/aromatic N) is 4. The van der Waals surface area contributed by atoms with Crippen LogP contribution in [0.3, 0.4) is 0 Å². The molecular formula is C13H16N4O4. The fourth-order valence-corrected chi connectivity index (χ4v) is 2.17. The van der Waals surface area contributed by atoms with Crippen molar-refractivity contribution in [2.75, 3.05) is 13.1 Å². The van der Waals surface area contributed by atoms with Gasteiger partial charge in [0.15, 0.2) is 0 Å². The second-order valence-corrected chi connectivity index (χ2v) is 4.87. The van der Waals surface area contributed by atoms with Crippen molar-refractivity contribution in [3.8, 4) is 0 Å². The first-order valence-corrected chi connectivity index (χ1v) is 6.33. The van der Waals surface area contributed by atoms with Crippen LogP contribution in [0.15, 0.2) is 12.3 Å². The van der Waals surface area contributed by atoms with Gasteiger partial charge in [-0.15, -0.1) is 0 Å². The predicted octanol–water partition coefficient (Wildman–Crippen LogP) is 0.317. The van der Waals surface area contributed by atoms with Gasteiger partial charge in [-0.1, -0.05) is 0 Å². The summed E-state index contributed by atoms with van der Waals surface area (Å²) < 4.78 is 1.79. The first-order valence-electron chi connectivity index (χ1n) is 6.33. The van der Waals surface area contributed by atoms with Crippen molar-refractivity contribution in [1.29, 1.82) is 0 Å². The van der Waals surface area contributed by atoms with Gasteiger partial charge >= 0.3 is 11.9 Å². The first-order chi connectivity index (χ1) is 9.85. The van der Waals surface area contributed by atoms with Gasteiger partial charge in [-0.05, 0) is 19.9 Å². The summed E-state index contributed by atoms with van der Waals surface area (Å²) in [7, 11) is 0. The number of carbonyl (C=O) groups is 2.